The first kappa shape index (κ1) is 25.1. The first-order chi connectivity index (χ1) is 15.8. The van der Waals surface area contributed by atoms with E-state index in [-0.39, 0.29) is 18.3 Å². The number of aryl methyl sites for hydroxylation is 1. The maximum atomic E-state index is 12.5. The minimum absolute atomic E-state index is 0.0886. The molecule has 0 saturated heterocycles. The van der Waals surface area contributed by atoms with Crippen molar-refractivity contribution >= 4 is 39.3 Å². The van der Waals surface area contributed by atoms with Crippen LogP contribution in [0.3, 0.4) is 0 Å². The molecule has 0 spiro atoms. The Hall–Kier alpha value is -2.52. The summed E-state index contributed by atoms with van der Waals surface area (Å²) in [7, 11) is 0. The van der Waals surface area contributed by atoms with Gasteiger partial charge in [0.15, 0.2) is 22.5 Å². The van der Waals surface area contributed by atoms with Gasteiger partial charge in [-0.15, -0.1) is 10.2 Å². The zero-order chi connectivity index (χ0) is 24.0. The lowest BCUT2D eigenvalue weighted by Gasteiger charge is -2.13. The number of hydrogen-bond donors (Lipinski definition) is 1. The Morgan fingerprint density at radius 1 is 1.06 bits per heavy atom. The first-order valence-corrected chi connectivity index (χ1v) is 12.6. The highest BCUT2D eigenvalue weighted by atomic mass is 79.9. The summed E-state index contributed by atoms with van der Waals surface area (Å²) in [5, 5.41) is 12.2. The van der Waals surface area contributed by atoms with Crippen LogP contribution in [0, 0.1) is 20.8 Å². The molecule has 0 aliphatic rings. The third-order valence-electron chi connectivity index (χ3n) is 5.19. The van der Waals surface area contributed by atoms with Crippen LogP contribution < -0.4 is 14.8 Å². The first-order valence-electron chi connectivity index (χ1n) is 10.8. The summed E-state index contributed by atoms with van der Waals surface area (Å²) in [4.78, 5) is 12.5. The largest absolute Gasteiger partial charge is 0.490 e. The van der Waals surface area contributed by atoms with Gasteiger partial charge in [0, 0.05) is 16.7 Å². The van der Waals surface area contributed by atoms with E-state index in [1.165, 1.54) is 11.8 Å². The number of anilines is 1. The van der Waals surface area contributed by atoms with Gasteiger partial charge in [0.25, 0.3) is 0 Å². The smallest absolute Gasteiger partial charge is 0.234 e. The maximum absolute atomic E-state index is 12.5. The number of rotatable bonds is 10. The van der Waals surface area contributed by atoms with Crippen molar-refractivity contribution in [1.82, 2.24) is 14.8 Å². The third kappa shape index (κ3) is 6.29. The van der Waals surface area contributed by atoms with Crippen LogP contribution in [0.15, 0.2) is 40.0 Å². The van der Waals surface area contributed by atoms with Crippen molar-refractivity contribution in [2.75, 3.05) is 17.7 Å². The molecule has 7 nitrogen and oxygen atoms in total. The van der Waals surface area contributed by atoms with Gasteiger partial charge in [-0.25, -0.2) is 0 Å². The van der Waals surface area contributed by atoms with Crippen molar-refractivity contribution in [3.63, 3.8) is 0 Å². The van der Waals surface area contributed by atoms with E-state index in [1.807, 2.05) is 69.5 Å². The quantitative estimate of drug-likeness (QED) is 0.337. The lowest BCUT2D eigenvalue weighted by atomic mass is 10.1. The number of aromatic nitrogens is 3. The standard InChI is InChI=1S/C24H29BrN4O3S/c1-6-29-22(13-32-20-11-8-15(3)12-21(20)31-7-2)27-28-24(29)33-14-23(30)26-19-10-9-18(25)16(4)17(19)5/h8-12H,6-7,13-14H2,1-5H3,(H,26,30). The van der Waals surface area contributed by atoms with Gasteiger partial charge in [-0.3, -0.25) is 4.79 Å². The Kier molecular flexibility index (Phi) is 8.80. The zero-order valence-electron chi connectivity index (χ0n) is 19.6. The number of nitrogens with one attached hydrogen (secondary N) is 1. The van der Waals surface area contributed by atoms with Gasteiger partial charge >= 0.3 is 0 Å². The molecule has 0 radical (unpaired) electrons. The van der Waals surface area contributed by atoms with E-state index in [4.69, 9.17) is 9.47 Å². The molecular weight excluding hydrogens is 504 g/mol. The van der Waals surface area contributed by atoms with Crippen molar-refractivity contribution in [2.45, 2.75) is 52.9 Å². The normalized spacial score (nSPS) is 10.8. The molecule has 0 fully saturated rings. The second kappa shape index (κ2) is 11.6. The number of benzene rings is 2. The number of nitrogens with zero attached hydrogens (tertiary/aromatic N) is 3. The highest BCUT2D eigenvalue weighted by Crippen LogP contribution is 2.29. The summed E-state index contributed by atoms with van der Waals surface area (Å²) >= 11 is 4.87. The highest BCUT2D eigenvalue weighted by molar-refractivity contribution is 9.10. The SMILES string of the molecule is CCOc1cc(C)ccc1OCc1nnc(SCC(=O)Nc2ccc(Br)c(C)c2C)n1CC. The Labute approximate surface area is 207 Å². The van der Waals surface area contributed by atoms with E-state index >= 15 is 0 Å². The van der Waals surface area contributed by atoms with Crippen LogP contribution >= 0.6 is 27.7 Å². The Morgan fingerprint density at radius 3 is 2.58 bits per heavy atom. The average molecular weight is 533 g/mol. The Morgan fingerprint density at radius 2 is 1.85 bits per heavy atom. The van der Waals surface area contributed by atoms with Gasteiger partial charge in [0.05, 0.1) is 12.4 Å². The van der Waals surface area contributed by atoms with Crippen LogP contribution in [-0.4, -0.2) is 33.0 Å². The second-order valence-electron chi connectivity index (χ2n) is 7.50. The van der Waals surface area contributed by atoms with Gasteiger partial charge in [-0.05, 0) is 75.6 Å². The van der Waals surface area contributed by atoms with Crippen LogP contribution in [0.4, 0.5) is 5.69 Å². The van der Waals surface area contributed by atoms with Crippen LogP contribution in [0.1, 0.15) is 36.4 Å². The van der Waals surface area contributed by atoms with Crippen LogP contribution in [0.5, 0.6) is 11.5 Å². The van der Waals surface area contributed by atoms with E-state index < -0.39 is 0 Å². The van der Waals surface area contributed by atoms with Gasteiger partial charge in [-0.1, -0.05) is 33.8 Å². The Balaban J connectivity index is 1.63. The maximum Gasteiger partial charge on any atom is 0.234 e. The van der Waals surface area contributed by atoms with Crippen molar-refractivity contribution in [1.29, 1.82) is 0 Å². The predicted molar refractivity (Wildman–Crippen MR) is 135 cm³/mol. The lowest BCUT2D eigenvalue weighted by Crippen LogP contribution is -2.16. The zero-order valence-corrected chi connectivity index (χ0v) is 22.0. The molecule has 33 heavy (non-hydrogen) atoms. The summed E-state index contributed by atoms with van der Waals surface area (Å²) in [6.45, 7) is 11.5. The molecule has 1 N–H and O–H groups in total. The fourth-order valence-electron chi connectivity index (χ4n) is 3.23. The highest BCUT2D eigenvalue weighted by Gasteiger charge is 2.16. The number of amides is 1. The lowest BCUT2D eigenvalue weighted by molar-refractivity contribution is -0.113. The van der Waals surface area contributed by atoms with Crippen LogP contribution in [-0.2, 0) is 17.9 Å². The van der Waals surface area contributed by atoms with Gasteiger partial charge in [0.2, 0.25) is 5.91 Å². The monoisotopic (exact) mass is 532 g/mol. The van der Waals surface area contributed by atoms with E-state index in [9.17, 15) is 4.79 Å². The summed E-state index contributed by atoms with van der Waals surface area (Å²) in [6.07, 6.45) is 0. The number of hydrogen-bond acceptors (Lipinski definition) is 6. The molecule has 0 unspecified atom stereocenters. The molecule has 1 amide bonds. The number of carbonyl (C=O) groups is 1. The fraction of sp³-hybridized carbons (Fsp3) is 0.375. The molecule has 3 rings (SSSR count). The Bertz CT molecular complexity index is 1130. The molecular formula is C24H29BrN4O3S. The van der Waals surface area contributed by atoms with E-state index in [0.29, 0.717) is 35.6 Å². The van der Waals surface area contributed by atoms with Crippen molar-refractivity contribution < 1.29 is 14.3 Å². The van der Waals surface area contributed by atoms with Gasteiger partial charge in [-0.2, -0.15) is 0 Å². The van der Waals surface area contributed by atoms with Crippen molar-refractivity contribution in [3.8, 4) is 11.5 Å². The van der Waals surface area contributed by atoms with Gasteiger partial charge in [0.1, 0.15) is 6.61 Å². The van der Waals surface area contributed by atoms with E-state index in [0.717, 1.165) is 26.9 Å². The predicted octanol–water partition coefficient (Wildman–Crippen LogP) is 5.69. The molecule has 1 aromatic heterocycles. The van der Waals surface area contributed by atoms with E-state index in [1.54, 1.807) is 0 Å². The number of ether oxygens (including phenoxy) is 2. The third-order valence-corrected chi connectivity index (χ3v) is 7.02. The number of thioether (sulfide) groups is 1. The fourth-order valence-corrected chi connectivity index (χ4v) is 4.49. The summed E-state index contributed by atoms with van der Waals surface area (Å²) < 4.78 is 14.7. The molecule has 9 heteroatoms. The summed E-state index contributed by atoms with van der Waals surface area (Å²) in [5.74, 6) is 2.23. The molecule has 176 valence electrons. The minimum Gasteiger partial charge on any atom is -0.490 e. The molecule has 3 aromatic rings. The minimum atomic E-state index is -0.0886. The molecule has 0 bridgehead atoms. The van der Waals surface area contributed by atoms with Crippen LogP contribution in [0.25, 0.3) is 0 Å². The molecule has 0 saturated carbocycles. The topological polar surface area (TPSA) is 78.3 Å². The molecule has 0 atom stereocenters. The molecule has 1 heterocycles. The summed E-state index contributed by atoms with van der Waals surface area (Å²) in [5.41, 5.74) is 4.07. The van der Waals surface area contributed by atoms with Crippen molar-refractivity contribution in [2.24, 2.45) is 0 Å². The summed E-state index contributed by atoms with van der Waals surface area (Å²) in [6, 6.07) is 9.68. The molecule has 0 aliphatic carbocycles. The van der Waals surface area contributed by atoms with E-state index in [2.05, 4.69) is 31.4 Å². The number of halogens is 1. The van der Waals surface area contributed by atoms with Gasteiger partial charge < -0.3 is 19.4 Å². The van der Waals surface area contributed by atoms with Crippen molar-refractivity contribution in [3.05, 3.63) is 57.3 Å². The number of carbonyl (C=O) groups excluding carboxylic acids is 1. The average Bonchev–Trinajstić information content (AvgIpc) is 3.19. The van der Waals surface area contributed by atoms with Crippen LogP contribution in [0.2, 0.25) is 0 Å². The molecule has 2 aromatic carbocycles. The molecule has 0 aliphatic heterocycles. The second-order valence-corrected chi connectivity index (χ2v) is 9.29.